The quantitative estimate of drug-likeness (QED) is 0.483. The zero-order valence-corrected chi connectivity index (χ0v) is 20.4. The third-order valence-electron chi connectivity index (χ3n) is 5.98. The molecule has 9 heteroatoms. The van der Waals surface area contributed by atoms with Crippen molar-refractivity contribution in [2.24, 2.45) is 7.05 Å². The molecule has 0 spiro atoms. The summed E-state index contributed by atoms with van der Waals surface area (Å²) in [6, 6.07) is 7.45. The SMILES string of the molecule is Cc1ccc(C(O)c2c(Br)cnc3c2c(=O)n(CCCOC2CCCCO2)c(=O)n3C)cc1. The number of rotatable bonds is 7. The van der Waals surface area contributed by atoms with E-state index >= 15 is 0 Å². The van der Waals surface area contributed by atoms with Crippen LogP contribution in [0.1, 0.15) is 48.5 Å². The number of hydrogen-bond acceptors (Lipinski definition) is 6. The molecule has 3 aromatic rings. The standard InChI is InChI=1S/C24H28BrN3O5/c1-15-7-9-16(10-8-15)21(29)19-17(25)14-26-22-20(19)23(30)28(24(31)27(22)2)11-5-13-33-18-6-3-4-12-32-18/h7-10,14,18,21,29H,3-6,11-13H2,1-2H3. The minimum Gasteiger partial charge on any atom is -0.384 e. The van der Waals surface area contributed by atoms with E-state index < -0.39 is 17.4 Å². The molecule has 1 saturated heterocycles. The maximum atomic E-state index is 13.5. The second-order valence-electron chi connectivity index (χ2n) is 8.35. The number of aliphatic hydroxyl groups is 1. The van der Waals surface area contributed by atoms with Crippen LogP contribution in [0.2, 0.25) is 0 Å². The van der Waals surface area contributed by atoms with E-state index in [9.17, 15) is 14.7 Å². The highest BCUT2D eigenvalue weighted by Gasteiger charge is 2.23. The molecular weight excluding hydrogens is 490 g/mol. The van der Waals surface area contributed by atoms with Crippen LogP contribution >= 0.6 is 15.9 Å². The van der Waals surface area contributed by atoms with Gasteiger partial charge in [-0.05, 0) is 54.1 Å². The minimum absolute atomic E-state index is 0.195. The molecule has 8 nitrogen and oxygen atoms in total. The van der Waals surface area contributed by atoms with Crippen molar-refractivity contribution in [1.82, 2.24) is 14.1 Å². The molecule has 0 radical (unpaired) electrons. The Labute approximate surface area is 199 Å². The smallest absolute Gasteiger partial charge is 0.332 e. The lowest BCUT2D eigenvalue weighted by Crippen LogP contribution is -2.40. The fourth-order valence-corrected chi connectivity index (χ4v) is 4.63. The van der Waals surface area contributed by atoms with Crippen molar-refractivity contribution in [1.29, 1.82) is 0 Å². The predicted molar refractivity (Wildman–Crippen MR) is 128 cm³/mol. The van der Waals surface area contributed by atoms with Gasteiger partial charge in [-0.1, -0.05) is 29.8 Å². The first-order valence-corrected chi connectivity index (χ1v) is 11.9. The molecule has 4 rings (SSSR count). The van der Waals surface area contributed by atoms with Crippen LogP contribution in [-0.4, -0.2) is 38.7 Å². The normalized spacial score (nSPS) is 17.4. The largest absolute Gasteiger partial charge is 0.384 e. The van der Waals surface area contributed by atoms with E-state index in [0.29, 0.717) is 35.2 Å². The Morgan fingerprint density at radius 3 is 2.73 bits per heavy atom. The molecule has 1 fully saturated rings. The molecule has 1 N–H and O–H groups in total. The molecule has 0 bridgehead atoms. The fourth-order valence-electron chi connectivity index (χ4n) is 4.11. The Balaban J connectivity index is 1.68. The van der Waals surface area contributed by atoms with Gasteiger partial charge in [-0.15, -0.1) is 0 Å². The van der Waals surface area contributed by atoms with Crippen molar-refractivity contribution in [3.05, 3.63) is 72.5 Å². The van der Waals surface area contributed by atoms with Crippen molar-refractivity contribution in [2.75, 3.05) is 13.2 Å². The van der Waals surface area contributed by atoms with Gasteiger partial charge in [0.25, 0.3) is 5.56 Å². The van der Waals surface area contributed by atoms with Crippen molar-refractivity contribution >= 4 is 27.0 Å². The number of hydrogen-bond donors (Lipinski definition) is 1. The van der Waals surface area contributed by atoms with Crippen LogP contribution in [0.3, 0.4) is 0 Å². The molecule has 2 atom stereocenters. The van der Waals surface area contributed by atoms with Gasteiger partial charge in [0.15, 0.2) is 6.29 Å². The molecule has 1 aromatic carbocycles. The molecular formula is C24H28BrN3O5. The molecule has 2 unspecified atom stereocenters. The van der Waals surface area contributed by atoms with E-state index in [2.05, 4.69) is 20.9 Å². The van der Waals surface area contributed by atoms with E-state index in [1.807, 2.05) is 31.2 Å². The molecule has 176 valence electrons. The van der Waals surface area contributed by atoms with Crippen molar-refractivity contribution in [2.45, 2.75) is 51.5 Å². The van der Waals surface area contributed by atoms with Gasteiger partial charge in [0, 0.05) is 36.4 Å². The monoisotopic (exact) mass is 517 g/mol. The van der Waals surface area contributed by atoms with Gasteiger partial charge in [0.1, 0.15) is 11.8 Å². The van der Waals surface area contributed by atoms with Crippen LogP contribution in [0.5, 0.6) is 0 Å². The number of fused-ring (bicyclic) bond motifs is 1. The summed E-state index contributed by atoms with van der Waals surface area (Å²) in [5.74, 6) is 0. The lowest BCUT2D eigenvalue weighted by atomic mass is 9.99. The lowest BCUT2D eigenvalue weighted by Gasteiger charge is -2.22. The molecule has 1 aliphatic rings. The van der Waals surface area contributed by atoms with E-state index in [1.165, 1.54) is 15.3 Å². The molecule has 3 heterocycles. The summed E-state index contributed by atoms with van der Waals surface area (Å²) < 4.78 is 14.3. The fraction of sp³-hybridized carbons (Fsp3) is 0.458. The number of aryl methyl sites for hydroxylation is 2. The Morgan fingerprint density at radius 2 is 2.03 bits per heavy atom. The highest BCUT2D eigenvalue weighted by molar-refractivity contribution is 9.10. The highest BCUT2D eigenvalue weighted by Crippen LogP contribution is 2.32. The summed E-state index contributed by atoms with van der Waals surface area (Å²) in [6.45, 7) is 3.24. The number of ether oxygens (including phenoxy) is 2. The second-order valence-corrected chi connectivity index (χ2v) is 9.20. The summed E-state index contributed by atoms with van der Waals surface area (Å²) in [5.41, 5.74) is 1.41. The van der Waals surface area contributed by atoms with E-state index in [1.54, 1.807) is 7.05 Å². The predicted octanol–water partition coefficient (Wildman–Crippen LogP) is 3.18. The van der Waals surface area contributed by atoms with Crippen molar-refractivity contribution in [3.8, 4) is 0 Å². The minimum atomic E-state index is -1.06. The number of halogens is 1. The van der Waals surface area contributed by atoms with Gasteiger partial charge in [-0.3, -0.25) is 13.9 Å². The number of pyridine rings is 1. The highest BCUT2D eigenvalue weighted by atomic mass is 79.9. The zero-order valence-electron chi connectivity index (χ0n) is 18.8. The van der Waals surface area contributed by atoms with Gasteiger partial charge in [-0.2, -0.15) is 0 Å². The Bertz CT molecular complexity index is 1250. The first-order chi connectivity index (χ1) is 15.9. The number of aromatic nitrogens is 3. The van der Waals surface area contributed by atoms with Crippen LogP contribution in [0.15, 0.2) is 44.5 Å². The average Bonchev–Trinajstić information content (AvgIpc) is 2.82. The summed E-state index contributed by atoms with van der Waals surface area (Å²) >= 11 is 3.45. The van der Waals surface area contributed by atoms with Crippen LogP contribution in [0.25, 0.3) is 11.0 Å². The van der Waals surface area contributed by atoms with Crippen LogP contribution < -0.4 is 11.2 Å². The topological polar surface area (TPSA) is 95.6 Å². The molecule has 2 aromatic heterocycles. The third kappa shape index (κ3) is 4.96. The number of aliphatic hydroxyl groups excluding tert-OH is 1. The second kappa shape index (κ2) is 10.3. The summed E-state index contributed by atoms with van der Waals surface area (Å²) in [5, 5.41) is 11.4. The van der Waals surface area contributed by atoms with Crippen LogP contribution in [0.4, 0.5) is 0 Å². The summed E-state index contributed by atoms with van der Waals surface area (Å²) in [4.78, 5) is 30.7. The van der Waals surface area contributed by atoms with E-state index in [4.69, 9.17) is 9.47 Å². The van der Waals surface area contributed by atoms with Gasteiger partial charge >= 0.3 is 5.69 Å². The van der Waals surface area contributed by atoms with Gasteiger partial charge in [0.2, 0.25) is 0 Å². The molecule has 0 aliphatic carbocycles. The van der Waals surface area contributed by atoms with Crippen LogP contribution in [0, 0.1) is 6.92 Å². The van der Waals surface area contributed by atoms with Gasteiger partial charge in [-0.25, -0.2) is 9.78 Å². The molecule has 0 saturated carbocycles. The van der Waals surface area contributed by atoms with Crippen molar-refractivity contribution in [3.63, 3.8) is 0 Å². The van der Waals surface area contributed by atoms with Crippen molar-refractivity contribution < 1.29 is 14.6 Å². The molecule has 0 amide bonds. The maximum absolute atomic E-state index is 13.5. The maximum Gasteiger partial charge on any atom is 0.332 e. The Morgan fingerprint density at radius 1 is 1.27 bits per heavy atom. The van der Waals surface area contributed by atoms with Crippen LogP contribution in [-0.2, 0) is 23.1 Å². The summed E-state index contributed by atoms with van der Waals surface area (Å²) in [7, 11) is 1.58. The lowest BCUT2D eigenvalue weighted by molar-refractivity contribution is -0.163. The van der Waals surface area contributed by atoms with E-state index in [0.717, 1.165) is 24.8 Å². The van der Waals surface area contributed by atoms with E-state index in [-0.39, 0.29) is 23.9 Å². The number of benzene rings is 1. The third-order valence-corrected chi connectivity index (χ3v) is 6.61. The molecule has 1 aliphatic heterocycles. The molecule has 33 heavy (non-hydrogen) atoms. The Kier molecular flexibility index (Phi) is 7.43. The van der Waals surface area contributed by atoms with Gasteiger partial charge in [0.05, 0.1) is 12.0 Å². The number of nitrogens with zero attached hydrogens (tertiary/aromatic N) is 3. The summed E-state index contributed by atoms with van der Waals surface area (Å²) in [6.07, 6.45) is 3.69. The van der Waals surface area contributed by atoms with Gasteiger partial charge < -0.3 is 14.6 Å². The zero-order chi connectivity index (χ0) is 23.5. The first-order valence-electron chi connectivity index (χ1n) is 11.1. The average molecular weight is 518 g/mol. The first kappa shape index (κ1) is 23.8. The Hall–Kier alpha value is -2.33.